The number of nitrogens with zero attached hydrogens (tertiary/aromatic N) is 4. The topological polar surface area (TPSA) is 53.9 Å². The molecule has 0 radical (unpaired) electrons. The number of nitrogens with one attached hydrogen (secondary N) is 1. The van der Waals surface area contributed by atoms with Crippen LogP contribution in [0.5, 0.6) is 0 Å². The summed E-state index contributed by atoms with van der Waals surface area (Å²) in [4.78, 5) is 16.6. The Morgan fingerprint density at radius 3 is 2.68 bits per heavy atom. The van der Waals surface area contributed by atoms with E-state index in [-0.39, 0.29) is 0 Å². The molecule has 28 heavy (non-hydrogen) atoms. The third-order valence-corrected chi connectivity index (χ3v) is 5.31. The van der Waals surface area contributed by atoms with Crippen LogP contribution in [0, 0.1) is 0 Å². The maximum Gasteiger partial charge on any atom is 0.163 e. The number of hydrogen-bond acceptors (Lipinski definition) is 5. The highest BCUT2D eigenvalue weighted by atomic mass is 15.2. The number of anilines is 2. The summed E-state index contributed by atoms with van der Waals surface area (Å²) in [5, 5.41) is 3.44. The largest absolute Gasteiger partial charge is 0.364 e. The van der Waals surface area contributed by atoms with E-state index >= 15 is 0 Å². The highest BCUT2D eigenvalue weighted by Crippen LogP contribution is 2.28. The molecule has 3 aromatic rings. The van der Waals surface area contributed by atoms with Gasteiger partial charge in [0.15, 0.2) is 5.82 Å². The van der Waals surface area contributed by atoms with E-state index in [1.54, 1.807) is 0 Å². The van der Waals surface area contributed by atoms with E-state index in [4.69, 9.17) is 9.97 Å². The molecule has 0 bridgehead atoms. The lowest BCUT2D eigenvalue weighted by atomic mass is 10.00. The van der Waals surface area contributed by atoms with Gasteiger partial charge in [-0.3, -0.25) is 4.98 Å². The first kappa shape index (κ1) is 18.4. The van der Waals surface area contributed by atoms with Crippen molar-refractivity contribution in [2.24, 2.45) is 0 Å². The van der Waals surface area contributed by atoms with Gasteiger partial charge in [0, 0.05) is 30.4 Å². The summed E-state index contributed by atoms with van der Waals surface area (Å²) >= 11 is 0. The second-order valence-corrected chi connectivity index (χ2v) is 7.23. The van der Waals surface area contributed by atoms with E-state index < -0.39 is 0 Å². The van der Waals surface area contributed by atoms with Crippen molar-refractivity contribution in [3.63, 3.8) is 0 Å². The molecule has 4 rings (SSSR count). The maximum atomic E-state index is 4.94. The number of hydrogen-bond donors (Lipinski definition) is 1. The van der Waals surface area contributed by atoms with E-state index in [1.807, 2.05) is 42.6 Å². The zero-order valence-electron chi connectivity index (χ0n) is 16.4. The van der Waals surface area contributed by atoms with E-state index in [0.29, 0.717) is 12.6 Å². The van der Waals surface area contributed by atoms with Crippen LogP contribution in [-0.4, -0.2) is 27.5 Å². The summed E-state index contributed by atoms with van der Waals surface area (Å²) in [6.45, 7) is 3.97. The highest BCUT2D eigenvalue weighted by Gasteiger charge is 2.23. The molecule has 1 saturated heterocycles. The van der Waals surface area contributed by atoms with Crippen molar-refractivity contribution < 1.29 is 0 Å². The lowest BCUT2D eigenvalue weighted by molar-refractivity contribution is 0.447. The van der Waals surface area contributed by atoms with Crippen LogP contribution in [0.15, 0.2) is 60.8 Å². The van der Waals surface area contributed by atoms with Crippen molar-refractivity contribution in [2.45, 2.75) is 45.2 Å². The number of aromatic nitrogens is 3. The Labute approximate surface area is 166 Å². The summed E-state index contributed by atoms with van der Waals surface area (Å²) in [7, 11) is 0. The van der Waals surface area contributed by atoms with Gasteiger partial charge in [-0.25, -0.2) is 9.97 Å². The molecular weight excluding hydrogens is 346 g/mol. The van der Waals surface area contributed by atoms with Gasteiger partial charge in [-0.1, -0.05) is 43.3 Å². The molecule has 1 atom stereocenters. The zero-order valence-corrected chi connectivity index (χ0v) is 16.4. The molecule has 1 aliphatic rings. The number of pyridine rings is 1. The van der Waals surface area contributed by atoms with Crippen LogP contribution in [0.25, 0.3) is 11.4 Å². The SMILES string of the molecule is CCC1CCCCN1c1cc(NCc2ccccn2)nc(-c2ccccc2)n1. The Bertz CT molecular complexity index is 882. The highest BCUT2D eigenvalue weighted by molar-refractivity contribution is 5.62. The first-order chi connectivity index (χ1) is 13.8. The van der Waals surface area contributed by atoms with Gasteiger partial charge in [0.1, 0.15) is 11.6 Å². The zero-order chi connectivity index (χ0) is 19.2. The van der Waals surface area contributed by atoms with E-state index in [2.05, 4.69) is 40.3 Å². The van der Waals surface area contributed by atoms with Crippen LogP contribution < -0.4 is 10.2 Å². The minimum absolute atomic E-state index is 0.552. The maximum absolute atomic E-state index is 4.94. The summed E-state index contributed by atoms with van der Waals surface area (Å²) in [6.07, 6.45) is 6.71. The van der Waals surface area contributed by atoms with Gasteiger partial charge in [0.05, 0.1) is 12.2 Å². The standard InChI is InChI=1S/C23H27N5/c1-2-20-13-7-9-15-28(20)22-16-21(25-17-19-12-6-8-14-24-19)26-23(27-22)18-10-4-3-5-11-18/h3-6,8,10-12,14,16,20H,2,7,9,13,15,17H2,1H3,(H,25,26,27). The van der Waals surface area contributed by atoms with Crippen LogP contribution >= 0.6 is 0 Å². The lowest BCUT2D eigenvalue weighted by Gasteiger charge is -2.36. The molecule has 0 spiro atoms. The van der Waals surface area contributed by atoms with Crippen LogP contribution in [0.1, 0.15) is 38.3 Å². The third kappa shape index (κ3) is 4.30. The first-order valence-corrected chi connectivity index (χ1v) is 10.2. The van der Waals surface area contributed by atoms with Gasteiger partial charge in [-0.05, 0) is 37.8 Å². The molecule has 0 amide bonds. The minimum Gasteiger partial charge on any atom is -0.364 e. The third-order valence-electron chi connectivity index (χ3n) is 5.31. The van der Waals surface area contributed by atoms with Gasteiger partial charge < -0.3 is 10.2 Å². The summed E-state index contributed by atoms with van der Waals surface area (Å²) in [6, 6.07) is 18.8. The van der Waals surface area contributed by atoms with E-state index in [9.17, 15) is 0 Å². The molecule has 2 aromatic heterocycles. The number of rotatable bonds is 6. The molecule has 1 unspecified atom stereocenters. The average molecular weight is 374 g/mol. The Morgan fingerprint density at radius 2 is 1.89 bits per heavy atom. The van der Waals surface area contributed by atoms with Crippen LogP contribution in [-0.2, 0) is 6.54 Å². The van der Waals surface area contributed by atoms with Crippen molar-refractivity contribution in [1.82, 2.24) is 15.0 Å². The fraction of sp³-hybridized carbons (Fsp3) is 0.348. The van der Waals surface area contributed by atoms with E-state index in [0.717, 1.165) is 41.7 Å². The van der Waals surface area contributed by atoms with Crippen molar-refractivity contribution >= 4 is 11.6 Å². The van der Waals surface area contributed by atoms with Crippen LogP contribution in [0.4, 0.5) is 11.6 Å². The first-order valence-electron chi connectivity index (χ1n) is 10.2. The molecule has 1 N–H and O–H groups in total. The summed E-state index contributed by atoms with van der Waals surface area (Å²) < 4.78 is 0. The van der Waals surface area contributed by atoms with Gasteiger partial charge in [-0.15, -0.1) is 0 Å². The normalized spacial score (nSPS) is 16.8. The smallest absolute Gasteiger partial charge is 0.163 e. The van der Waals surface area contributed by atoms with Gasteiger partial charge in [0.25, 0.3) is 0 Å². The van der Waals surface area contributed by atoms with Gasteiger partial charge in [-0.2, -0.15) is 0 Å². The fourth-order valence-electron chi connectivity index (χ4n) is 3.80. The van der Waals surface area contributed by atoms with E-state index in [1.165, 1.54) is 19.3 Å². The van der Waals surface area contributed by atoms with Gasteiger partial charge in [0.2, 0.25) is 0 Å². The number of benzene rings is 1. The fourth-order valence-corrected chi connectivity index (χ4v) is 3.80. The second kappa shape index (κ2) is 8.83. The van der Waals surface area contributed by atoms with Crippen molar-refractivity contribution in [2.75, 3.05) is 16.8 Å². The van der Waals surface area contributed by atoms with Crippen LogP contribution in [0.2, 0.25) is 0 Å². The molecule has 1 fully saturated rings. The molecule has 144 valence electrons. The monoisotopic (exact) mass is 373 g/mol. The Hall–Kier alpha value is -2.95. The molecule has 5 heteroatoms. The quantitative estimate of drug-likeness (QED) is 0.665. The van der Waals surface area contributed by atoms with Crippen LogP contribution in [0.3, 0.4) is 0 Å². The molecule has 5 nitrogen and oxygen atoms in total. The molecule has 1 aromatic carbocycles. The predicted octanol–water partition coefficient (Wildman–Crippen LogP) is 4.92. The van der Waals surface area contributed by atoms with Crippen molar-refractivity contribution in [3.8, 4) is 11.4 Å². The molecule has 1 aliphatic heterocycles. The van der Waals surface area contributed by atoms with Gasteiger partial charge >= 0.3 is 0 Å². The molecule has 0 saturated carbocycles. The number of piperidine rings is 1. The minimum atomic E-state index is 0.552. The Morgan fingerprint density at radius 1 is 1.04 bits per heavy atom. The molecular formula is C23H27N5. The Kier molecular flexibility index (Phi) is 5.80. The summed E-state index contributed by atoms with van der Waals surface area (Å²) in [5.41, 5.74) is 2.03. The average Bonchev–Trinajstić information content (AvgIpc) is 2.79. The summed E-state index contributed by atoms with van der Waals surface area (Å²) in [5.74, 6) is 2.63. The molecule has 3 heterocycles. The van der Waals surface area contributed by atoms with Crippen molar-refractivity contribution in [1.29, 1.82) is 0 Å². The predicted molar refractivity (Wildman–Crippen MR) is 114 cm³/mol. The Balaban J connectivity index is 1.66. The van der Waals surface area contributed by atoms with Crippen molar-refractivity contribution in [3.05, 3.63) is 66.5 Å². The second-order valence-electron chi connectivity index (χ2n) is 7.23. The molecule has 0 aliphatic carbocycles. The lowest BCUT2D eigenvalue weighted by Crippen LogP contribution is -2.39.